The van der Waals surface area contributed by atoms with E-state index in [0.29, 0.717) is 39.6 Å². The molecule has 0 aromatic heterocycles. The minimum absolute atomic E-state index is 0.00685. The molecule has 0 bridgehead atoms. The van der Waals surface area contributed by atoms with Crippen molar-refractivity contribution in [3.8, 4) is 0 Å². The summed E-state index contributed by atoms with van der Waals surface area (Å²) in [6.07, 6.45) is -0.0137. The zero-order valence-electron chi connectivity index (χ0n) is 16.7. The van der Waals surface area contributed by atoms with Crippen LogP contribution in [0.3, 0.4) is 0 Å². The van der Waals surface area contributed by atoms with Gasteiger partial charge in [0.25, 0.3) is 0 Å². The maximum absolute atomic E-state index is 6.17. The lowest BCUT2D eigenvalue weighted by Crippen LogP contribution is -2.31. The lowest BCUT2D eigenvalue weighted by molar-refractivity contribution is -0.0211. The number of hydrogen-bond donors (Lipinski definition) is 0. The summed E-state index contributed by atoms with van der Waals surface area (Å²) in [5, 5.41) is 0. The molecule has 1 saturated heterocycles. The lowest BCUT2D eigenvalue weighted by Gasteiger charge is -2.28. The Morgan fingerprint density at radius 3 is 1.43 bits per heavy atom. The number of rotatable bonds is 2. The summed E-state index contributed by atoms with van der Waals surface area (Å²) in [5.41, 5.74) is 2.36. The van der Waals surface area contributed by atoms with Crippen LogP contribution in [0, 0.1) is 0 Å². The Hall–Kier alpha value is -1.76. The van der Waals surface area contributed by atoms with Crippen LogP contribution in [0.15, 0.2) is 60.7 Å². The third-order valence-electron chi connectivity index (χ3n) is 4.76. The molecule has 0 aliphatic carbocycles. The Morgan fingerprint density at radius 1 is 0.607 bits per heavy atom. The fourth-order valence-electron chi connectivity index (χ4n) is 3.31. The van der Waals surface area contributed by atoms with E-state index in [4.69, 9.17) is 18.9 Å². The van der Waals surface area contributed by atoms with Crippen LogP contribution in [-0.4, -0.2) is 64.7 Å². The number of benzene rings is 2. The first kappa shape index (κ1) is 21.0. The number of likely N-dealkylation sites (N-methyl/N-ethyl adjacent to an activating group) is 1. The van der Waals surface area contributed by atoms with E-state index in [1.165, 1.54) is 11.1 Å². The number of hydrogen-bond acceptors (Lipinski definition) is 5. The molecule has 2 atom stereocenters. The zero-order chi connectivity index (χ0) is 19.4. The first-order chi connectivity index (χ1) is 13.8. The summed E-state index contributed by atoms with van der Waals surface area (Å²) in [6, 6.07) is 20.7. The van der Waals surface area contributed by atoms with E-state index in [9.17, 15) is 0 Å². The molecular formula is C23H31NO4. The van der Waals surface area contributed by atoms with E-state index in [0.717, 1.165) is 13.1 Å². The van der Waals surface area contributed by atoms with Crippen LogP contribution in [0.5, 0.6) is 0 Å². The Labute approximate surface area is 168 Å². The molecule has 28 heavy (non-hydrogen) atoms. The Bertz CT molecular complexity index is 595. The van der Waals surface area contributed by atoms with Crippen molar-refractivity contribution in [1.29, 1.82) is 0 Å². The van der Waals surface area contributed by atoms with Crippen molar-refractivity contribution in [1.82, 2.24) is 4.90 Å². The maximum Gasteiger partial charge on any atom is 0.0952 e. The van der Waals surface area contributed by atoms with Gasteiger partial charge < -0.3 is 23.8 Å². The van der Waals surface area contributed by atoms with Gasteiger partial charge in [-0.05, 0) is 18.2 Å². The molecule has 0 radical (unpaired) electrons. The molecule has 3 rings (SSSR count). The molecule has 0 N–H and O–H groups in total. The van der Waals surface area contributed by atoms with E-state index in [1.54, 1.807) is 0 Å². The van der Waals surface area contributed by atoms with Crippen molar-refractivity contribution < 1.29 is 18.9 Å². The molecule has 2 aromatic carbocycles. The minimum Gasteiger partial charge on any atom is -0.377 e. The molecule has 5 heteroatoms. The van der Waals surface area contributed by atoms with Crippen LogP contribution in [-0.2, 0) is 18.9 Å². The van der Waals surface area contributed by atoms with Gasteiger partial charge in [-0.15, -0.1) is 0 Å². The van der Waals surface area contributed by atoms with Gasteiger partial charge in [0.2, 0.25) is 0 Å². The first-order valence-corrected chi connectivity index (χ1v) is 10.00. The fourth-order valence-corrected chi connectivity index (χ4v) is 3.31. The minimum atomic E-state index is -0.00685. The van der Waals surface area contributed by atoms with Crippen molar-refractivity contribution in [3.63, 3.8) is 0 Å². The standard InChI is InChI=1S/C23H31NO4/c1-24-18-22(20-8-4-2-5-9-20)27-16-14-25-12-13-26-15-17-28-23(19-24)21-10-6-3-7-11-21/h2-11,22-23H,12-19H2,1H3/t22-,23-/m0/s1. The van der Waals surface area contributed by atoms with E-state index in [-0.39, 0.29) is 12.2 Å². The SMILES string of the molecule is CN1C[C@@H](c2ccccc2)OCCOCCOCCO[C@H](c2ccccc2)C1. The van der Waals surface area contributed by atoms with Gasteiger partial charge in [0, 0.05) is 13.1 Å². The van der Waals surface area contributed by atoms with Gasteiger partial charge in [-0.25, -0.2) is 0 Å². The average Bonchev–Trinajstić information content (AvgIpc) is 2.74. The molecule has 0 amide bonds. The van der Waals surface area contributed by atoms with Gasteiger partial charge in [0.1, 0.15) is 0 Å². The second-order valence-electron chi connectivity index (χ2n) is 6.99. The highest BCUT2D eigenvalue weighted by Crippen LogP contribution is 2.22. The molecule has 152 valence electrons. The Balaban J connectivity index is 1.71. The molecule has 2 aromatic rings. The third kappa shape index (κ3) is 7.00. The fraction of sp³-hybridized carbons (Fsp3) is 0.478. The first-order valence-electron chi connectivity index (χ1n) is 10.00. The second-order valence-corrected chi connectivity index (χ2v) is 6.99. The van der Waals surface area contributed by atoms with Gasteiger partial charge in [-0.1, -0.05) is 60.7 Å². The smallest absolute Gasteiger partial charge is 0.0952 e. The number of nitrogens with zero attached hydrogens (tertiary/aromatic N) is 1. The summed E-state index contributed by atoms with van der Waals surface area (Å²) in [6.45, 7) is 4.97. The van der Waals surface area contributed by atoms with Gasteiger partial charge in [0.05, 0.1) is 51.8 Å². The molecule has 5 nitrogen and oxygen atoms in total. The Morgan fingerprint density at radius 2 is 1.00 bits per heavy atom. The van der Waals surface area contributed by atoms with Gasteiger partial charge in [-0.2, -0.15) is 0 Å². The molecule has 0 unspecified atom stereocenters. The highest BCUT2D eigenvalue weighted by atomic mass is 16.6. The third-order valence-corrected chi connectivity index (χ3v) is 4.76. The quantitative estimate of drug-likeness (QED) is 0.792. The highest BCUT2D eigenvalue weighted by Gasteiger charge is 2.19. The van der Waals surface area contributed by atoms with Crippen molar-refractivity contribution in [2.24, 2.45) is 0 Å². The monoisotopic (exact) mass is 385 g/mol. The average molecular weight is 386 g/mol. The second kappa shape index (κ2) is 11.9. The van der Waals surface area contributed by atoms with Crippen LogP contribution in [0.25, 0.3) is 0 Å². The molecule has 1 heterocycles. The predicted octanol–water partition coefficient (Wildman–Crippen LogP) is 3.48. The molecule has 0 spiro atoms. The van der Waals surface area contributed by atoms with Crippen LogP contribution in [0.2, 0.25) is 0 Å². The number of ether oxygens (including phenoxy) is 4. The van der Waals surface area contributed by atoms with Crippen LogP contribution < -0.4 is 0 Å². The summed E-state index contributed by atoms with van der Waals surface area (Å²) >= 11 is 0. The van der Waals surface area contributed by atoms with Crippen LogP contribution >= 0.6 is 0 Å². The van der Waals surface area contributed by atoms with E-state index in [2.05, 4.69) is 60.5 Å². The lowest BCUT2D eigenvalue weighted by atomic mass is 10.1. The topological polar surface area (TPSA) is 40.2 Å². The van der Waals surface area contributed by atoms with Crippen LogP contribution in [0.1, 0.15) is 23.3 Å². The zero-order valence-corrected chi connectivity index (χ0v) is 16.7. The van der Waals surface area contributed by atoms with E-state index in [1.807, 2.05) is 12.1 Å². The van der Waals surface area contributed by atoms with Gasteiger partial charge in [0.15, 0.2) is 0 Å². The maximum atomic E-state index is 6.17. The highest BCUT2D eigenvalue weighted by molar-refractivity contribution is 5.19. The molecule has 0 saturated carbocycles. The summed E-state index contributed by atoms with van der Waals surface area (Å²) in [4.78, 5) is 2.27. The van der Waals surface area contributed by atoms with Crippen molar-refractivity contribution >= 4 is 0 Å². The van der Waals surface area contributed by atoms with E-state index < -0.39 is 0 Å². The normalized spacial score (nSPS) is 24.2. The van der Waals surface area contributed by atoms with Crippen molar-refractivity contribution in [2.45, 2.75) is 12.2 Å². The Kier molecular flexibility index (Phi) is 8.94. The molecule has 1 fully saturated rings. The summed E-state index contributed by atoms with van der Waals surface area (Å²) in [5.74, 6) is 0. The largest absolute Gasteiger partial charge is 0.377 e. The summed E-state index contributed by atoms with van der Waals surface area (Å²) in [7, 11) is 2.11. The van der Waals surface area contributed by atoms with Crippen molar-refractivity contribution in [3.05, 3.63) is 71.8 Å². The van der Waals surface area contributed by atoms with Crippen molar-refractivity contribution in [2.75, 3.05) is 59.8 Å². The molecular weight excluding hydrogens is 354 g/mol. The van der Waals surface area contributed by atoms with Crippen LogP contribution in [0.4, 0.5) is 0 Å². The molecule has 1 aliphatic heterocycles. The molecule has 1 aliphatic rings. The van der Waals surface area contributed by atoms with E-state index >= 15 is 0 Å². The van der Waals surface area contributed by atoms with Gasteiger partial charge >= 0.3 is 0 Å². The predicted molar refractivity (Wildman–Crippen MR) is 109 cm³/mol. The summed E-state index contributed by atoms with van der Waals surface area (Å²) < 4.78 is 23.5. The van der Waals surface area contributed by atoms with Gasteiger partial charge in [-0.3, -0.25) is 0 Å².